The van der Waals surface area contributed by atoms with Crippen LogP contribution in [-0.2, 0) is 16.1 Å². The van der Waals surface area contributed by atoms with Crippen molar-refractivity contribution in [1.29, 1.82) is 0 Å². The van der Waals surface area contributed by atoms with Crippen LogP contribution in [0.5, 0.6) is 5.75 Å². The number of hydrogen-bond donors (Lipinski definition) is 3. The average molecular weight is 481 g/mol. The number of amides is 2. The SMILES string of the molecule is COC(=O)c1cccc(CO)c1NC(=O)c1cc2ccccc2c(NC(=O)OC(C)(C)C)c1OC. The fourth-order valence-electron chi connectivity index (χ4n) is 3.58. The molecule has 0 saturated heterocycles. The standard InChI is InChI=1S/C26H28N2O7/c1-26(2,3)35-25(32)28-21-17-11-7-6-9-15(17)13-19(22(21)33-4)23(30)27-20-16(14-29)10-8-12-18(20)24(31)34-5/h6-13,29H,14H2,1-5H3,(H,27,30)(H,28,32). The minimum Gasteiger partial charge on any atom is -0.494 e. The Morgan fingerprint density at radius 3 is 2.26 bits per heavy atom. The molecule has 0 aliphatic carbocycles. The van der Waals surface area contributed by atoms with Crippen LogP contribution in [0.3, 0.4) is 0 Å². The van der Waals surface area contributed by atoms with Crippen molar-refractivity contribution >= 4 is 40.1 Å². The number of fused-ring (bicyclic) bond motifs is 1. The Balaban J connectivity index is 2.12. The molecule has 0 saturated carbocycles. The van der Waals surface area contributed by atoms with Gasteiger partial charge < -0.3 is 24.6 Å². The highest BCUT2D eigenvalue weighted by Gasteiger charge is 2.25. The minimum absolute atomic E-state index is 0.0826. The molecule has 0 heterocycles. The number of para-hydroxylation sites is 1. The summed E-state index contributed by atoms with van der Waals surface area (Å²) >= 11 is 0. The number of ether oxygens (including phenoxy) is 3. The largest absolute Gasteiger partial charge is 0.494 e. The first-order valence-electron chi connectivity index (χ1n) is 10.8. The lowest BCUT2D eigenvalue weighted by Gasteiger charge is -2.22. The van der Waals surface area contributed by atoms with E-state index in [1.54, 1.807) is 63.2 Å². The quantitative estimate of drug-likeness (QED) is 0.436. The molecule has 0 bridgehead atoms. The molecule has 0 atom stereocenters. The topological polar surface area (TPSA) is 123 Å². The van der Waals surface area contributed by atoms with E-state index in [0.717, 1.165) is 0 Å². The van der Waals surface area contributed by atoms with Crippen LogP contribution in [0.2, 0.25) is 0 Å². The Kier molecular flexibility index (Phi) is 7.61. The summed E-state index contributed by atoms with van der Waals surface area (Å²) in [5.74, 6) is -1.19. The van der Waals surface area contributed by atoms with Crippen LogP contribution in [0.4, 0.5) is 16.2 Å². The molecule has 2 amide bonds. The fraction of sp³-hybridized carbons (Fsp3) is 0.269. The zero-order valence-electron chi connectivity index (χ0n) is 20.2. The predicted molar refractivity (Wildman–Crippen MR) is 132 cm³/mol. The van der Waals surface area contributed by atoms with Crippen molar-refractivity contribution < 1.29 is 33.7 Å². The maximum Gasteiger partial charge on any atom is 0.412 e. The van der Waals surface area contributed by atoms with Gasteiger partial charge in [-0.2, -0.15) is 0 Å². The van der Waals surface area contributed by atoms with Crippen molar-refractivity contribution in [2.45, 2.75) is 33.0 Å². The lowest BCUT2D eigenvalue weighted by atomic mass is 10.0. The summed E-state index contributed by atoms with van der Waals surface area (Å²) in [6.07, 6.45) is -0.711. The lowest BCUT2D eigenvalue weighted by molar-refractivity contribution is 0.0599. The third-order valence-corrected chi connectivity index (χ3v) is 5.04. The van der Waals surface area contributed by atoms with E-state index < -0.39 is 30.2 Å². The highest BCUT2D eigenvalue weighted by Crippen LogP contribution is 2.38. The highest BCUT2D eigenvalue weighted by molar-refractivity contribution is 6.15. The number of esters is 1. The molecule has 0 spiro atoms. The van der Waals surface area contributed by atoms with Gasteiger partial charge in [0.25, 0.3) is 5.91 Å². The van der Waals surface area contributed by atoms with Crippen LogP contribution in [-0.4, -0.2) is 42.9 Å². The van der Waals surface area contributed by atoms with Crippen LogP contribution >= 0.6 is 0 Å². The van der Waals surface area contributed by atoms with E-state index >= 15 is 0 Å². The number of hydrogen-bond acceptors (Lipinski definition) is 7. The molecule has 0 aliphatic heterocycles. The van der Waals surface area contributed by atoms with Crippen LogP contribution in [0.25, 0.3) is 10.8 Å². The second kappa shape index (κ2) is 10.4. The average Bonchev–Trinajstić information content (AvgIpc) is 2.82. The zero-order chi connectivity index (χ0) is 25.8. The molecule has 9 heteroatoms. The van der Waals surface area contributed by atoms with Crippen LogP contribution in [0.15, 0.2) is 48.5 Å². The Hall–Kier alpha value is -4.11. The number of benzene rings is 3. The van der Waals surface area contributed by atoms with Gasteiger partial charge in [-0.15, -0.1) is 0 Å². The van der Waals surface area contributed by atoms with Gasteiger partial charge in [0.1, 0.15) is 5.60 Å². The molecule has 184 valence electrons. The van der Waals surface area contributed by atoms with E-state index in [2.05, 4.69) is 10.6 Å². The van der Waals surface area contributed by atoms with Gasteiger partial charge >= 0.3 is 12.1 Å². The van der Waals surface area contributed by atoms with Gasteiger partial charge in [-0.05, 0) is 38.3 Å². The Labute approximate surface area is 203 Å². The van der Waals surface area contributed by atoms with Gasteiger partial charge in [-0.3, -0.25) is 10.1 Å². The second-order valence-electron chi connectivity index (χ2n) is 8.62. The summed E-state index contributed by atoms with van der Waals surface area (Å²) in [6.45, 7) is 4.80. The van der Waals surface area contributed by atoms with E-state index in [1.807, 2.05) is 0 Å². The van der Waals surface area contributed by atoms with E-state index in [-0.39, 0.29) is 28.3 Å². The van der Waals surface area contributed by atoms with E-state index in [1.165, 1.54) is 20.3 Å². The molecule has 0 unspecified atom stereocenters. The number of carbonyl (C=O) groups is 3. The third kappa shape index (κ3) is 5.70. The van der Waals surface area contributed by atoms with Crippen molar-refractivity contribution in [2.75, 3.05) is 24.9 Å². The maximum absolute atomic E-state index is 13.5. The summed E-state index contributed by atoms with van der Waals surface area (Å²) in [5, 5.41) is 16.5. The first kappa shape index (κ1) is 25.5. The molecule has 0 radical (unpaired) electrons. The summed E-state index contributed by atoms with van der Waals surface area (Å²) in [7, 11) is 2.60. The van der Waals surface area contributed by atoms with Gasteiger partial charge in [0.05, 0.1) is 43.3 Å². The summed E-state index contributed by atoms with van der Waals surface area (Å²) < 4.78 is 15.8. The van der Waals surface area contributed by atoms with E-state index in [0.29, 0.717) is 16.3 Å². The van der Waals surface area contributed by atoms with E-state index in [4.69, 9.17) is 14.2 Å². The van der Waals surface area contributed by atoms with Gasteiger partial charge in [0.2, 0.25) is 0 Å². The molecule has 3 N–H and O–H groups in total. The molecule has 3 rings (SSSR count). The molecular weight excluding hydrogens is 452 g/mol. The molecule has 0 fully saturated rings. The third-order valence-electron chi connectivity index (χ3n) is 5.04. The monoisotopic (exact) mass is 480 g/mol. The number of carbonyl (C=O) groups excluding carboxylic acids is 3. The van der Waals surface area contributed by atoms with Gasteiger partial charge in [-0.1, -0.05) is 36.4 Å². The van der Waals surface area contributed by atoms with Gasteiger partial charge in [-0.25, -0.2) is 9.59 Å². The predicted octanol–water partition coefficient (Wildman–Crippen LogP) is 4.73. The molecule has 3 aromatic carbocycles. The molecule has 0 aromatic heterocycles. The lowest BCUT2D eigenvalue weighted by Crippen LogP contribution is -2.27. The number of anilines is 2. The zero-order valence-corrected chi connectivity index (χ0v) is 20.2. The van der Waals surface area contributed by atoms with Crippen molar-refractivity contribution in [3.8, 4) is 5.75 Å². The number of nitrogens with one attached hydrogen (secondary N) is 2. The van der Waals surface area contributed by atoms with Crippen molar-refractivity contribution in [3.63, 3.8) is 0 Å². The van der Waals surface area contributed by atoms with Crippen molar-refractivity contribution in [3.05, 3.63) is 65.2 Å². The first-order chi connectivity index (χ1) is 16.6. The molecule has 3 aromatic rings. The van der Waals surface area contributed by atoms with Crippen LogP contribution in [0, 0.1) is 0 Å². The molecule has 35 heavy (non-hydrogen) atoms. The number of methoxy groups -OCH3 is 2. The molecule has 0 aliphatic rings. The fourth-order valence-corrected chi connectivity index (χ4v) is 3.58. The number of aliphatic hydroxyl groups excluding tert-OH is 1. The number of aliphatic hydroxyl groups is 1. The van der Waals surface area contributed by atoms with Crippen LogP contribution in [0.1, 0.15) is 47.1 Å². The van der Waals surface area contributed by atoms with Crippen LogP contribution < -0.4 is 15.4 Å². The minimum atomic E-state index is -0.736. The summed E-state index contributed by atoms with van der Waals surface area (Å²) in [5.41, 5.74) is 0.144. The smallest absolute Gasteiger partial charge is 0.412 e. The number of rotatable bonds is 6. The highest BCUT2D eigenvalue weighted by atomic mass is 16.6. The Morgan fingerprint density at radius 1 is 0.914 bits per heavy atom. The summed E-state index contributed by atoms with van der Waals surface area (Å²) in [4.78, 5) is 38.3. The van der Waals surface area contributed by atoms with Crippen molar-refractivity contribution in [2.24, 2.45) is 0 Å². The second-order valence-corrected chi connectivity index (χ2v) is 8.62. The molecular formula is C26H28N2O7. The Bertz CT molecular complexity index is 1280. The Morgan fingerprint density at radius 2 is 1.63 bits per heavy atom. The van der Waals surface area contributed by atoms with Crippen molar-refractivity contribution in [1.82, 2.24) is 0 Å². The molecule has 9 nitrogen and oxygen atoms in total. The first-order valence-corrected chi connectivity index (χ1v) is 10.8. The van der Waals surface area contributed by atoms with E-state index in [9.17, 15) is 19.5 Å². The normalized spacial score (nSPS) is 11.0. The van der Waals surface area contributed by atoms with Gasteiger partial charge in [0, 0.05) is 10.9 Å². The maximum atomic E-state index is 13.5. The summed E-state index contributed by atoms with van der Waals surface area (Å²) in [6, 6.07) is 13.4. The van der Waals surface area contributed by atoms with Gasteiger partial charge in [0.15, 0.2) is 5.75 Å².